The van der Waals surface area contributed by atoms with Gasteiger partial charge in [0, 0.05) is 20.0 Å². The van der Waals surface area contributed by atoms with Gasteiger partial charge in [-0.05, 0) is 12.1 Å². The van der Waals surface area contributed by atoms with Gasteiger partial charge in [-0.3, -0.25) is 14.3 Å². The van der Waals surface area contributed by atoms with Gasteiger partial charge in [0.15, 0.2) is 11.2 Å². The van der Waals surface area contributed by atoms with E-state index in [-0.39, 0.29) is 0 Å². The van der Waals surface area contributed by atoms with E-state index in [2.05, 4.69) is 9.97 Å². The van der Waals surface area contributed by atoms with Gasteiger partial charge in [-0.2, -0.15) is 0 Å². The molecular formula is C12H12N4O3. The number of aryl methyl sites for hydroxylation is 3. The molecule has 0 unspecified atom stereocenters. The molecule has 0 spiro atoms. The van der Waals surface area contributed by atoms with Crippen molar-refractivity contribution in [2.45, 2.75) is 13.0 Å². The number of furan rings is 1. The maximum absolute atomic E-state index is 11.9. The van der Waals surface area contributed by atoms with Gasteiger partial charge < -0.3 is 8.98 Å². The van der Waals surface area contributed by atoms with E-state index in [0.29, 0.717) is 24.1 Å². The van der Waals surface area contributed by atoms with Crippen LogP contribution in [-0.2, 0) is 20.0 Å². The van der Waals surface area contributed by atoms with Crippen molar-refractivity contribution in [1.82, 2.24) is 19.1 Å². The molecule has 0 aliphatic heterocycles. The maximum atomic E-state index is 11.9. The molecule has 0 fully saturated rings. The van der Waals surface area contributed by atoms with Crippen molar-refractivity contribution < 1.29 is 4.42 Å². The number of imidazole rings is 1. The first kappa shape index (κ1) is 11.5. The van der Waals surface area contributed by atoms with Crippen molar-refractivity contribution in [2.24, 2.45) is 7.05 Å². The molecule has 3 aromatic heterocycles. The van der Waals surface area contributed by atoms with Crippen molar-refractivity contribution in [3.8, 4) is 0 Å². The Bertz CT molecular complexity index is 823. The lowest BCUT2D eigenvalue weighted by atomic mass is 10.3. The summed E-state index contributed by atoms with van der Waals surface area (Å²) in [6.07, 6.45) is 3.66. The molecule has 0 aliphatic rings. The van der Waals surface area contributed by atoms with Crippen LogP contribution >= 0.6 is 0 Å². The van der Waals surface area contributed by atoms with Crippen LogP contribution in [0.2, 0.25) is 0 Å². The second kappa shape index (κ2) is 4.27. The van der Waals surface area contributed by atoms with Gasteiger partial charge in [0.05, 0.1) is 12.6 Å². The first-order chi connectivity index (χ1) is 9.16. The number of hydrogen-bond acceptors (Lipinski definition) is 4. The van der Waals surface area contributed by atoms with E-state index in [1.807, 2.05) is 6.07 Å². The summed E-state index contributed by atoms with van der Waals surface area (Å²) in [7, 11) is 1.71. The molecule has 0 aliphatic carbocycles. The Morgan fingerprint density at radius 3 is 3.00 bits per heavy atom. The molecule has 3 aromatic rings. The Morgan fingerprint density at radius 1 is 1.42 bits per heavy atom. The summed E-state index contributed by atoms with van der Waals surface area (Å²) in [5.41, 5.74) is -0.0983. The topological polar surface area (TPSA) is 85.8 Å². The molecule has 0 radical (unpaired) electrons. The van der Waals surface area contributed by atoms with Crippen LogP contribution in [0.5, 0.6) is 0 Å². The van der Waals surface area contributed by atoms with Crippen molar-refractivity contribution in [2.75, 3.05) is 0 Å². The Kier molecular flexibility index (Phi) is 2.59. The van der Waals surface area contributed by atoms with Crippen LogP contribution in [0.4, 0.5) is 0 Å². The zero-order chi connectivity index (χ0) is 13.4. The second-order valence-corrected chi connectivity index (χ2v) is 4.27. The number of aromatic nitrogens is 4. The van der Waals surface area contributed by atoms with Crippen LogP contribution < -0.4 is 11.2 Å². The highest BCUT2D eigenvalue weighted by Gasteiger charge is 2.12. The Morgan fingerprint density at radius 2 is 2.26 bits per heavy atom. The quantitative estimate of drug-likeness (QED) is 0.731. The van der Waals surface area contributed by atoms with Gasteiger partial charge >= 0.3 is 5.69 Å². The summed E-state index contributed by atoms with van der Waals surface area (Å²) < 4.78 is 8.26. The summed E-state index contributed by atoms with van der Waals surface area (Å²) in [5.74, 6) is 0.780. The van der Waals surface area contributed by atoms with Gasteiger partial charge in [-0.15, -0.1) is 0 Å². The number of hydrogen-bond donors (Lipinski definition) is 1. The zero-order valence-electron chi connectivity index (χ0n) is 10.3. The number of nitrogens with zero attached hydrogens (tertiary/aromatic N) is 3. The fraction of sp³-hybridized carbons (Fsp3) is 0.250. The van der Waals surface area contributed by atoms with Crippen molar-refractivity contribution in [1.29, 1.82) is 0 Å². The van der Waals surface area contributed by atoms with Crippen LogP contribution in [0.3, 0.4) is 0 Å². The van der Waals surface area contributed by atoms with Gasteiger partial charge in [0.25, 0.3) is 5.56 Å². The summed E-state index contributed by atoms with van der Waals surface area (Å²) in [6, 6.07) is 3.63. The van der Waals surface area contributed by atoms with Gasteiger partial charge in [0.2, 0.25) is 0 Å². The number of rotatable bonds is 3. The van der Waals surface area contributed by atoms with E-state index in [0.717, 1.165) is 5.76 Å². The van der Waals surface area contributed by atoms with Crippen molar-refractivity contribution in [3.05, 3.63) is 51.3 Å². The fourth-order valence-corrected chi connectivity index (χ4v) is 2.08. The lowest BCUT2D eigenvalue weighted by Crippen LogP contribution is -2.31. The van der Waals surface area contributed by atoms with Crippen molar-refractivity contribution in [3.63, 3.8) is 0 Å². The average molecular weight is 260 g/mol. The summed E-state index contributed by atoms with van der Waals surface area (Å²) in [6.45, 7) is 0.399. The minimum absolute atomic E-state index is 0.388. The fourth-order valence-electron chi connectivity index (χ4n) is 2.08. The highest BCUT2D eigenvalue weighted by molar-refractivity contribution is 5.69. The highest BCUT2D eigenvalue weighted by atomic mass is 16.3. The van der Waals surface area contributed by atoms with E-state index >= 15 is 0 Å². The van der Waals surface area contributed by atoms with E-state index in [1.165, 1.54) is 10.9 Å². The third kappa shape index (κ3) is 1.88. The van der Waals surface area contributed by atoms with E-state index in [9.17, 15) is 9.59 Å². The smallest absolute Gasteiger partial charge is 0.330 e. The summed E-state index contributed by atoms with van der Waals surface area (Å²) in [5, 5.41) is 0. The molecular weight excluding hydrogens is 248 g/mol. The first-order valence-corrected chi connectivity index (χ1v) is 5.83. The Balaban J connectivity index is 2.08. The standard InChI is InChI=1S/C12H12N4O3/c1-15-7-13-10-9(15)11(17)14-12(18)16(10)5-4-8-3-2-6-19-8/h2-3,6-7H,4-5H2,1H3,(H,14,17,18). The molecule has 0 saturated heterocycles. The van der Waals surface area contributed by atoms with Crippen molar-refractivity contribution >= 4 is 11.2 Å². The number of fused-ring (bicyclic) bond motifs is 1. The third-order valence-electron chi connectivity index (χ3n) is 3.02. The van der Waals surface area contributed by atoms with E-state index < -0.39 is 11.2 Å². The van der Waals surface area contributed by atoms with Crippen LogP contribution in [0.1, 0.15) is 5.76 Å². The molecule has 3 rings (SSSR count). The predicted molar refractivity (Wildman–Crippen MR) is 68.0 cm³/mol. The van der Waals surface area contributed by atoms with Crippen LogP contribution in [-0.4, -0.2) is 19.1 Å². The minimum atomic E-state index is -0.456. The number of nitrogens with one attached hydrogen (secondary N) is 1. The third-order valence-corrected chi connectivity index (χ3v) is 3.02. The average Bonchev–Trinajstić information content (AvgIpc) is 2.99. The lowest BCUT2D eigenvalue weighted by Gasteiger charge is -2.04. The van der Waals surface area contributed by atoms with Gasteiger partial charge in [0.1, 0.15) is 5.76 Å². The Hall–Kier alpha value is -2.57. The zero-order valence-corrected chi connectivity index (χ0v) is 10.3. The normalized spacial score (nSPS) is 11.2. The minimum Gasteiger partial charge on any atom is -0.469 e. The van der Waals surface area contributed by atoms with Gasteiger partial charge in [-0.25, -0.2) is 9.78 Å². The first-order valence-electron chi connectivity index (χ1n) is 5.83. The van der Waals surface area contributed by atoms with Crippen LogP contribution in [0, 0.1) is 0 Å². The molecule has 3 heterocycles. The van der Waals surface area contributed by atoms with Gasteiger partial charge in [-0.1, -0.05) is 0 Å². The van der Waals surface area contributed by atoms with Crippen LogP contribution in [0.25, 0.3) is 11.2 Å². The molecule has 0 saturated carbocycles. The maximum Gasteiger partial charge on any atom is 0.330 e. The predicted octanol–water partition coefficient (Wildman–Crippen LogP) is 0.259. The molecule has 1 N–H and O–H groups in total. The summed E-state index contributed by atoms with van der Waals surface area (Å²) in [4.78, 5) is 30.0. The molecule has 0 aromatic carbocycles. The SMILES string of the molecule is Cn1cnc2c1c(=O)[nH]c(=O)n2CCc1ccco1. The molecule has 7 nitrogen and oxygen atoms in total. The highest BCUT2D eigenvalue weighted by Crippen LogP contribution is 2.06. The molecule has 19 heavy (non-hydrogen) atoms. The number of H-pyrrole nitrogens is 1. The van der Waals surface area contributed by atoms with Crippen LogP contribution in [0.15, 0.2) is 38.7 Å². The van der Waals surface area contributed by atoms with E-state index in [1.54, 1.807) is 23.9 Å². The molecule has 0 bridgehead atoms. The van der Waals surface area contributed by atoms with E-state index in [4.69, 9.17) is 4.42 Å². The monoisotopic (exact) mass is 260 g/mol. The lowest BCUT2D eigenvalue weighted by molar-refractivity contribution is 0.489. The number of aromatic amines is 1. The largest absolute Gasteiger partial charge is 0.469 e. The summed E-state index contributed by atoms with van der Waals surface area (Å²) >= 11 is 0. The Labute approximate surface area is 107 Å². The molecule has 0 amide bonds. The molecule has 7 heteroatoms. The molecule has 98 valence electrons. The molecule has 0 atom stereocenters. The second-order valence-electron chi connectivity index (χ2n) is 4.27.